The zero-order valence-electron chi connectivity index (χ0n) is 61.9. The lowest BCUT2D eigenvalue weighted by Crippen LogP contribution is -2.64. The van der Waals surface area contributed by atoms with Gasteiger partial charge in [0.1, 0.15) is 78.4 Å². The van der Waals surface area contributed by atoms with E-state index in [9.17, 15) is 88.8 Å². The lowest BCUT2D eigenvalue weighted by molar-refractivity contribution is -0.150. The number of phenolic OH excluding ortho intramolecular Hbond substituents is 1. The van der Waals surface area contributed by atoms with Crippen molar-refractivity contribution in [2.45, 2.75) is 254 Å². The molecule has 3 aliphatic heterocycles. The number of carbonyl (C=O) groups excluding carboxylic acids is 11. The maximum atomic E-state index is 15.0. The number of amides is 11. The first-order valence-electron chi connectivity index (χ1n) is 37.0. The Balaban J connectivity index is 1.55. The van der Waals surface area contributed by atoms with E-state index in [0.717, 1.165) is 73.8 Å². The van der Waals surface area contributed by atoms with Crippen LogP contribution in [0, 0.1) is 17.8 Å². The number of phenols is 1. The first-order valence-corrected chi connectivity index (χ1v) is 38.4. The minimum Gasteiger partial charge on any atom is -0.508 e. The van der Waals surface area contributed by atoms with Crippen LogP contribution < -0.4 is 53.6 Å². The highest BCUT2D eigenvalue weighted by molar-refractivity contribution is 7.98. The summed E-state index contributed by atoms with van der Waals surface area (Å²) < 4.78 is 6.15. The molecule has 0 aliphatic carbocycles. The number of aliphatic hydroxyl groups is 7. The minimum absolute atomic E-state index is 0.0775. The number of carbonyl (C=O) groups is 11. The highest BCUT2D eigenvalue weighted by Crippen LogP contribution is 2.28. The van der Waals surface area contributed by atoms with E-state index < -0.39 is 208 Å². The van der Waals surface area contributed by atoms with Crippen molar-refractivity contribution in [1.29, 1.82) is 0 Å². The smallest absolute Gasteiger partial charge is 0.248 e. The number of benzene rings is 2. The standard InChI is InChI=1S/C73H116N12O20S/c1-8-42(4)35-43(5)18-14-11-9-10-12-17-21-57(93)77-52-38-56(92)71(105-32-30-75-64(96)51(36-45-19-15-13-16-20-45)79-66(98)50(34-41(2)3)78-65(97)49(76-40-86)28-33-106-7)83-70(102)61-55(91)27-31-84(61)73(104)59(54(90)26-29-74)81-69(101)60(63(95)62(94)46-22-24-47(88)25-23-46)82-68(100)53-37-48(89)39-85(53)72(103)58(44(6)87)80-67(52)99/h13,15-16,19-20,22-25,40-44,48-56,58-63,71,87-92,94-95H,8-12,14,17-18,21,26-39,74H2,1-7H3,(H,75,96)(H,76,86)(H,77,93)(H,78,97)(H,79,98)(H,80,99)(H,81,101)(H,82,100)(H,83,102). The number of hydrogen-bond acceptors (Lipinski definition) is 22. The molecule has 0 spiro atoms. The molecule has 2 aromatic carbocycles. The van der Waals surface area contributed by atoms with Crippen LogP contribution in [-0.2, 0) is 63.9 Å². The van der Waals surface area contributed by atoms with Crippen molar-refractivity contribution >= 4 is 77.2 Å². The van der Waals surface area contributed by atoms with E-state index in [0.29, 0.717) is 42.4 Å². The monoisotopic (exact) mass is 1510 g/mol. The summed E-state index contributed by atoms with van der Waals surface area (Å²) in [7, 11) is 0. The molecule has 32 nitrogen and oxygen atoms in total. The Morgan fingerprint density at radius 2 is 1.32 bits per heavy atom. The molecule has 0 saturated carbocycles. The van der Waals surface area contributed by atoms with Gasteiger partial charge in [-0.2, -0.15) is 11.8 Å². The lowest BCUT2D eigenvalue weighted by atomic mass is 9.91. The summed E-state index contributed by atoms with van der Waals surface area (Å²) in [6.07, 6.45) is -7.10. The van der Waals surface area contributed by atoms with Crippen LogP contribution in [0.25, 0.3) is 0 Å². The third-order valence-corrected chi connectivity index (χ3v) is 20.1. The average Bonchev–Trinajstić information content (AvgIpc) is 1.59. The maximum absolute atomic E-state index is 15.0. The zero-order valence-corrected chi connectivity index (χ0v) is 62.8. The van der Waals surface area contributed by atoms with Crippen molar-refractivity contribution in [1.82, 2.24) is 57.7 Å². The Hall–Kier alpha value is -7.60. The first-order chi connectivity index (χ1) is 50.4. The van der Waals surface area contributed by atoms with E-state index in [2.05, 4.69) is 68.6 Å². The van der Waals surface area contributed by atoms with E-state index in [1.807, 2.05) is 20.1 Å². The fraction of sp³-hybridized carbons (Fsp3) is 0.685. The van der Waals surface area contributed by atoms with Gasteiger partial charge in [-0.25, -0.2) is 0 Å². The molecule has 3 heterocycles. The highest BCUT2D eigenvalue weighted by Gasteiger charge is 2.49. The van der Waals surface area contributed by atoms with E-state index in [1.54, 1.807) is 30.3 Å². The molecule has 19 atom stereocenters. The normalized spacial score (nSPS) is 24.7. The van der Waals surface area contributed by atoms with Crippen molar-refractivity contribution in [2.75, 3.05) is 44.8 Å². The van der Waals surface area contributed by atoms with E-state index in [-0.39, 0.29) is 55.9 Å². The van der Waals surface area contributed by atoms with E-state index in [1.165, 1.54) is 23.9 Å². The molecule has 11 amide bonds. The van der Waals surface area contributed by atoms with Crippen LogP contribution in [0.2, 0.25) is 0 Å². The molecule has 3 saturated heterocycles. The third-order valence-electron chi connectivity index (χ3n) is 19.5. The summed E-state index contributed by atoms with van der Waals surface area (Å²) in [5, 5.41) is 114. The van der Waals surface area contributed by atoms with Gasteiger partial charge >= 0.3 is 0 Å². The molecule has 106 heavy (non-hydrogen) atoms. The summed E-state index contributed by atoms with van der Waals surface area (Å²) >= 11 is 1.45. The van der Waals surface area contributed by atoms with Crippen LogP contribution in [0.1, 0.15) is 162 Å². The van der Waals surface area contributed by atoms with Gasteiger partial charge in [0.15, 0.2) is 6.23 Å². The molecule has 19 N–H and O–H groups in total. The highest BCUT2D eigenvalue weighted by atomic mass is 32.2. The van der Waals surface area contributed by atoms with Gasteiger partial charge in [-0.15, -0.1) is 0 Å². The summed E-state index contributed by atoms with van der Waals surface area (Å²) in [5.41, 5.74) is 6.35. The Kier molecular flexibility index (Phi) is 38.0. The molecule has 0 aromatic heterocycles. The maximum Gasteiger partial charge on any atom is 0.248 e. The topological polar surface area (TPSA) is 500 Å². The van der Waals surface area contributed by atoms with Crippen molar-refractivity contribution in [3.63, 3.8) is 0 Å². The summed E-state index contributed by atoms with van der Waals surface area (Å²) in [6.45, 7) is 9.02. The lowest BCUT2D eigenvalue weighted by Gasteiger charge is -2.35. The second-order valence-electron chi connectivity index (χ2n) is 28.7. The zero-order chi connectivity index (χ0) is 78.3. The van der Waals surface area contributed by atoms with Crippen molar-refractivity contribution in [2.24, 2.45) is 23.5 Å². The number of unbranched alkanes of at least 4 members (excludes halogenated alkanes) is 5. The number of thioether (sulfide) groups is 1. The number of ether oxygens (including phenoxy) is 1. The number of aromatic hydroxyl groups is 1. The SMILES string of the molecule is CCC(C)CC(C)CCCCCCCCC(=O)NC1CC(O)C(OCCNC(=O)C(Cc2ccccc2)NC(=O)C(CC(C)C)NC(=O)C(CCSC)NC=O)NC(=O)C2C(O)CCN2C(=O)C(C(O)CCN)NC(=O)C(C(O)C(O)c2ccc(O)cc2)NC(=O)C2CC(O)CN2C(=O)C(C(C)O)NC1=O. The summed E-state index contributed by atoms with van der Waals surface area (Å²) in [4.78, 5) is 159. The summed E-state index contributed by atoms with van der Waals surface area (Å²) in [5.74, 6) is -9.09. The largest absolute Gasteiger partial charge is 0.508 e. The van der Waals surface area contributed by atoms with Gasteiger partial charge in [-0.1, -0.05) is 122 Å². The predicted molar refractivity (Wildman–Crippen MR) is 392 cm³/mol. The molecule has 3 aliphatic rings. The van der Waals surface area contributed by atoms with E-state index in [4.69, 9.17) is 10.5 Å². The average molecular weight is 1510 g/mol. The van der Waals surface area contributed by atoms with Gasteiger partial charge in [0, 0.05) is 45.3 Å². The summed E-state index contributed by atoms with van der Waals surface area (Å²) in [6, 6.07) is -2.20. The van der Waals surface area contributed by atoms with Crippen molar-refractivity contribution < 1.29 is 98.3 Å². The number of hydrogen-bond donors (Lipinski definition) is 18. The quantitative estimate of drug-likeness (QED) is 0.0266. The molecule has 0 bridgehead atoms. The number of fused-ring (bicyclic) bond motifs is 2. The van der Waals surface area contributed by atoms with Crippen LogP contribution >= 0.6 is 11.8 Å². The minimum atomic E-state index is -2.36. The Bertz CT molecular complexity index is 3150. The molecule has 2 aromatic rings. The molecule has 5 rings (SSSR count). The fourth-order valence-corrected chi connectivity index (χ4v) is 13.8. The predicted octanol–water partition coefficient (Wildman–Crippen LogP) is -1.60. The van der Waals surface area contributed by atoms with Crippen LogP contribution in [-0.4, -0.2) is 258 Å². The number of nitrogens with one attached hydrogen (secondary N) is 9. The molecule has 0 radical (unpaired) electrons. The molecule has 594 valence electrons. The van der Waals surface area contributed by atoms with Crippen LogP contribution in [0.4, 0.5) is 0 Å². The van der Waals surface area contributed by atoms with Crippen molar-refractivity contribution in [3.8, 4) is 5.75 Å². The Morgan fingerprint density at radius 1 is 0.689 bits per heavy atom. The molecule has 3 fully saturated rings. The van der Waals surface area contributed by atoms with Gasteiger partial charge in [0.25, 0.3) is 0 Å². The molecular weight excluding hydrogens is 1400 g/mol. The van der Waals surface area contributed by atoms with E-state index >= 15 is 4.79 Å². The number of nitrogens with two attached hydrogens (primary N) is 1. The van der Waals surface area contributed by atoms with Gasteiger partial charge < -0.3 is 109 Å². The number of nitrogens with zero attached hydrogens (tertiary/aromatic N) is 2. The fourth-order valence-electron chi connectivity index (χ4n) is 13.3. The second kappa shape index (κ2) is 45.3. The van der Waals surface area contributed by atoms with Crippen LogP contribution in [0.15, 0.2) is 54.6 Å². The second-order valence-corrected chi connectivity index (χ2v) is 29.7. The van der Waals surface area contributed by atoms with Crippen LogP contribution in [0.5, 0.6) is 5.75 Å². The Labute approximate surface area is 624 Å². The van der Waals surface area contributed by atoms with Gasteiger partial charge in [0.05, 0.1) is 31.0 Å². The first kappa shape index (κ1) is 89.0. The Morgan fingerprint density at radius 3 is 1.96 bits per heavy atom. The molecular formula is C73H116N12O20S. The third kappa shape index (κ3) is 27.9. The van der Waals surface area contributed by atoms with Crippen LogP contribution in [0.3, 0.4) is 0 Å². The number of aliphatic hydroxyl groups excluding tert-OH is 7. The van der Waals surface area contributed by atoms with Crippen molar-refractivity contribution in [3.05, 3.63) is 65.7 Å². The van der Waals surface area contributed by atoms with Gasteiger partial charge in [0.2, 0.25) is 65.5 Å². The number of rotatable bonds is 38. The van der Waals surface area contributed by atoms with Gasteiger partial charge in [-0.05, 0) is 105 Å². The van der Waals surface area contributed by atoms with Gasteiger partial charge in [-0.3, -0.25) is 52.7 Å². The molecule has 33 heteroatoms. The molecule has 19 unspecified atom stereocenters.